The molecular formula is C13H11NO3. The van der Waals surface area contributed by atoms with Gasteiger partial charge in [-0.15, -0.1) is 0 Å². The summed E-state index contributed by atoms with van der Waals surface area (Å²) in [6.07, 6.45) is 1.76. The van der Waals surface area contributed by atoms with Gasteiger partial charge in [0.15, 0.2) is 11.5 Å². The van der Waals surface area contributed by atoms with Crippen LogP contribution in [0.3, 0.4) is 0 Å². The van der Waals surface area contributed by atoms with Crippen molar-refractivity contribution in [2.75, 3.05) is 13.9 Å². The third kappa shape index (κ3) is 1.67. The molecule has 0 unspecified atom stereocenters. The number of aromatic nitrogens is 1. The van der Waals surface area contributed by atoms with Gasteiger partial charge < -0.3 is 14.2 Å². The van der Waals surface area contributed by atoms with Crippen LogP contribution in [0.2, 0.25) is 0 Å². The lowest BCUT2D eigenvalue weighted by Gasteiger charge is -2.07. The molecule has 17 heavy (non-hydrogen) atoms. The molecule has 0 saturated heterocycles. The van der Waals surface area contributed by atoms with E-state index in [-0.39, 0.29) is 6.79 Å². The van der Waals surface area contributed by atoms with E-state index < -0.39 is 0 Å². The molecule has 0 amide bonds. The molecule has 0 saturated carbocycles. The van der Waals surface area contributed by atoms with Gasteiger partial charge in [-0.1, -0.05) is 6.07 Å². The summed E-state index contributed by atoms with van der Waals surface area (Å²) in [7, 11) is 1.61. The van der Waals surface area contributed by atoms with E-state index in [4.69, 9.17) is 14.2 Å². The minimum absolute atomic E-state index is 0.233. The highest BCUT2D eigenvalue weighted by atomic mass is 16.7. The van der Waals surface area contributed by atoms with Crippen LogP contribution in [0.25, 0.3) is 11.3 Å². The molecule has 2 aromatic rings. The third-order valence-electron chi connectivity index (χ3n) is 2.62. The Morgan fingerprint density at radius 2 is 2.18 bits per heavy atom. The number of benzene rings is 1. The molecule has 1 aromatic carbocycles. The van der Waals surface area contributed by atoms with E-state index in [1.165, 1.54) is 0 Å². The molecule has 0 atom stereocenters. The smallest absolute Gasteiger partial charge is 0.231 e. The predicted molar refractivity (Wildman–Crippen MR) is 62.3 cm³/mol. The van der Waals surface area contributed by atoms with Crippen molar-refractivity contribution in [1.82, 2.24) is 4.98 Å². The molecule has 3 rings (SSSR count). The fourth-order valence-corrected chi connectivity index (χ4v) is 1.81. The van der Waals surface area contributed by atoms with Gasteiger partial charge in [0.25, 0.3) is 0 Å². The van der Waals surface area contributed by atoms with E-state index in [9.17, 15) is 0 Å². The Bertz CT molecular complexity index is 540. The number of methoxy groups -OCH3 is 1. The van der Waals surface area contributed by atoms with Crippen LogP contribution >= 0.6 is 0 Å². The Morgan fingerprint density at radius 1 is 1.24 bits per heavy atom. The third-order valence-corrected chi connectivity index (χ3v) is 2.62. The first kappa shape index (κ1) is 9.96. The predicted octanol–water partition coefficient (Wildman–Crippen LogP) is 2.49. The minimum Gasteiger partial charge on any atom is -0.493 e. The van der Waals surface area contributed by atoms with E-state index in [0.717, 1.165) is 11.3 Å². The summed E-state index contributed by atoms with van der Waals surface area (Å²) < 4.78 is 16.0. The average molecular weight is 229 g/mol. The van der Waals surface area contributed by atoms with E-state index in [2.05, 4.69) is 4.98 Å². The summed E-state index contributed by atoms with van der Waals surface area (Å²) in [4.78, 5) is 4.30. The van der Waals surface area contributed by atoms with Crippen molar-refractivity contribution in [2.24, 2.45) is 0 Å². The molecule has 4 heteroatoms. The number of nitrogens with zero attached hydrogens (tertiary/aromatic N) is 1. The first-order chi connectivity index (χ1) is 8.38. The SMILES string of the molecule is COc1cc(-c2ccccn2)cc2c1OCO2. The quantitative estimate of drug-likeness (QED) is 0.793. The number of hydrogen-bond donors (Lipinski definition) is 0. The van der Waals surface area contributed by atoms with Gasteiger partial charge in [0.2, 0.25) is 12.5 Å². The topological polar surface area (TPSA) is 40.6 Å². The maximum atomic E-state index is 5.37. The van der Waals surface area contributed by atoms with Crippen LogP contribution in [0.1, 0.15) is 0 Å². The summed E-state index contributed by atoms with van der Waals surface area (Å²) >= 11 is 0. The van der Waals surface area contributed by atoms with Crippen LogP contribution in [-0.2, 0) is 0 Å². The highest BCUT2D eigenvalue weighted by Crippen LogP contribution is 2.43. The Balaban J connectivity index is 2.13. The summed E-state index contributed by atoms with van der Waals surface area (Å²) in [5, 5.41) is 0. The van der Waals surface area contributed by atoms with Crippen LogP contribution in [-0.4, -0.2) is 18.9 Å². The molecule has 0 aliphatic carbocycles. The van der Waals surface area contributed by atoms with Crippen LogP contribution in [0.15, 0.2) is 36.5 Å². The molecule has 0 radical (unpaired) electrons. The first-order valence-corrected chi connectivity index (χ1v) is 5.27. The molecular weight excluding hydrogens is 218 g/mol. The van der Waals surface area contributed by atoms with Crippen LogP contribution in [0.5, 0.6) is 17.2 Å². The Morgan fingerprint density at radius 3 is 2.94 bits per heavy atom. The van der Waals surface area contributed by atoms with E-state index in [1.807, 2.05) is 30.3 Å². The molecule has 1 aliphatic heterocycles. The highest BCUT2D eigenvalue weighted by Gasteiger charge is 2.20. The van der Waals surface area contributed by atoms with Gasteiger partial charge in [0.05, 0.1) is 12.8 Å². The summed E-state index contributed by atoms with van der Waals surface area (Å²) in [5.41, 5.74) is 1.83. The van der Waals surface area contributed by atoms with Gasteiger partial charge >= 0.3 is 0 Å². The van der Waals surface area contributed by atoms with Crippen molar-refractivity contribution in [3.05, 3.63) is 36.5 Å². The van der Waals surface area contributed by atoms with Gasteiger partial charge in [-0.2, -0.15) is 0 Å². The highest BCUT2D eigenvalue weighted by molar-refractivity contribution is 5.69. The lowest BCUT2D eigenvalue weighted by atomic mass is 10.1. The second-order valence-corrected chi connectivity index (χ2v) is 3.63. The second-order valence-electron chi connectivity index (χ2n) is 3.63. The number of hydrogen-bond acceptors (Lipinski definition) is 4. The normalized spacial score (nSPS) is 12.5. The molecule has 1 aliphatic rings. The van der Waals surface area contributed by atoms with Gasteiger partial charge in [-0.3, -0.25) is 4.98 Å². The van der Waals surface area contributed by atoms with Gasteiger partial charge in [-0.05, 0) is 24.3 Å². The zero-order chi connectivity index (χ0) is 11.7. The molecule has 4 nitrogen and oxygen atoms in total. The van der Waals surface area contributed by atoms with Crippen molar-refractivity contribution in [3.8, 4) is 28.5 Å². The minimum atomic E-state index is 0.233. The fourth-order valence-electron chi connectivity index (χ4n) is 1.81. The van der Waals surface area contributed by atoms with Crippen molar-refractivity contribution in [3.63, 3.8) is 0 Å². The molecule has 0 N–H and O–H groups in total. The van der Waals surface area contributed by atoms with E-state index >= 15 is 0 Å². The molecule has 1 aromatic heterocycles. The maximum absolute atomic E-state index is 5.37. The zero-order valence-electron chi connectivity index (χ0n) is 9.34. The van der Waals surface area contributed by atoms with Crippen LogP contribution in [0, 0.1) is 0 Å². The Hall–Kier alpha value is -2.23. The number of pyridine rings is 1. The van der Waals surface area contributed by atoms with Gasteiger partial charge in [-0.25, -0.2) is 0 Å². The molecule has 0 spiro atoms. The second kappa shape index (κ2) is 3.97. The lowest BCUT2D eigenvalue weighted by Crippen LogP contribution is -1.93. The van der Waals surface area contributed by atoms with E-state index in [1.54, 1.807) is 13.3 Å². The van der Waals surface area contributed by atoms with Crippen molar-refractivity contribution in [2.45, 2.75) is 0 Å². The van der Waals surface area contributed by atoms with Crippen molar-refractivity contribution in [1.29, 1.82) is 0 Å². The van der Waals surface area contributed by atoms with Crippen LogP contribution in [0.4, 0.5) is 0 Å². The lowest BCUT2D eigenvalue weighted by molar-refractivity contribution is 0.171. The Labute approximate surface area is 98.8 Å². The Kier molecular flexibility index (Phi) is 2.33. The maximum Gasteiger partial charge on any atom is 0.231 e. The molecule has 0 fully saturated rings. The number of rotatable bonds is 2. The first-order valence-electron chi connectivity index (χ1n) is 5.27. The fraction of sp³-hybridized carbons (Fsp3) is 0.154. The van der Waals surface area contributed by atoms with Crippen molar-refractivity contribution < 1.29 is 14.2 Å². The van der Waals surface area contributed by atoms with Gasteiger partial charge in [0, 0.05) is 11.8 Å². The monoisotopic (exact) mass is 229 g/mol. The standard InChI is InChI=1S/C13H11NO3/c1-15-11-6-9(10-4-2-3-5-14-10)7-12-13(11)17-8-16-12/h2-7H,8H2,1H3. The van der Waals surface area contributed by atoms with Crippen molar-refractivity contribution >= 4 is 0 Å². The summed E-state index contributed by atoms with van der Waals surface area (Å²) in [6.45, 7) is 0.233. The average Bonchev–Trinajstić information content (AvgIpc) is 2.86. The summed E-state index contributed by atoms with van der Waals surface area (Å²) in [5.74, 6) is 2.03. The van der Waals surface area contributed by atoms with Crippen LogP contribution < -0.4 is 14.2 Å². The molecule has 2 heterocycles. The number of ether oxygens (including phenoxy) is 3. The largest absolute Gasteiger partial charge is 0.493 e. The summed E-state index contributed by atoms with van der Waals surface area (Å²) in [6, 6.07) is 9.58. The molecule has 86 valence electrons. The van der Waals surface area contributed by atoms with Gasteiger partial charge in [0.1, 0.15) is 0 Å². The number of fused-ring (bicyclic) bond motifs is 1. The van der Waals surface area contributed by atoms with E-state index in [0.29, 0.717) is 17.2 Å². The zero-order valence-corrected chi connectivity index (χ0v) is 9.34. The molecule has 0 bridgehead atoms.